The predicted molar refractivity (Wildman–Crippen MR) is 138 cm³/mol. The van der Waals surface area contributed by atoms with Gasteiger partial charge in [0.15, 0.2) is 0 Å². The smallest absolute Gasteiger partial charge is 0.220 e. The molecule has 6 N–H and O–H groups in total. The number of aryl methyl sites for hydroxylation is 2. The molecule has 0 unspecified atom stereocenters. The molecule has 0 saturated heterocycles. The summed E-state index contributed by atoms with van der Waals surface area (Å²) in [5, 5.41) is 8.18. The van der Waals surface area contributed by atoms with Crippen molar-refractivity contribution >= 4 is 35.9 Å². The number of hydrogen-bond acceptors (Lipinski definition) is 3. The van der Waals surface area contributed by atoms with Crippen LogP contribution < -0.4 is 32.2 Å². The normalized spacial score (nSPS) is 12.1. The van der Waals surface area contributed by atoms with Gasteiger partial charge in [-0.05, 0) is 78.6 Å². The summed E-state index contributed by atoms with van der Waals surface area (Å²) in [5.74, 6) is 0.704. The second-order valence-corrected chi connectivity index (χ2v) is 8.82. The van der Waals surface area contributed by atoms with Crippen LogP contribution in [0.4, 0.5) is 5.82 Å². The summed E-state index contributed by atoms with van der Waals surface area (Å²) >= 11 is 0. The number of fused-ring (bicyclic) bond motifs is 8. The second kappa shape index (κ2) is 9.99. The molecule has 2 amide bonds. The Morgan fingerprint density at radius 1 is 0.750 bits per heavy atom. The third kappa shape index (κ3) is 5.25. The Morgan fingerprint density at radius 3 is 2.17 bits per heavy atom. The fourth-order valence-electron chi connectivity index (χ4n) is 4.35. The van der Waals surface area contributed by atoms with Gasteiger partial charge in [-0.25, -0.2) is 4.99 Å². The molecule has 0 aliphatic carbocycles. The molecule has 0 atom stereocenters. The summed E-state index contributed by atoms with van der Waals surface area (Å²) in [6, 6.07) is 12.0. The monoisotopic (exact) mass is 483 g/mol. The van der Waals surface area contributed by atoms with Gasteiger partial charge in [0.1, 0.15) is 11.3 Å². The lowest BCUT2D eigenvalue weighted by Crippen LogP contribution is -2.20. The number of hydrogen-bond donors (Lipinski definition) is 6. The fraction of sp³-hybridized carbons (Fsp3) is 0.222. The molecule has 0 fully saturated rings. The van der Waals surface area contributed by atoms with Crippen LogP contribution >= 0.6 is 0 Å². The summed E-state index contributed by atoms with van der Waals surface area (Å²) in [5.41, 5.74) is 5.50. The van der Waals surface area contributed by atoms with Crippen LogP contribution in [0.25, 0.3) is 18.2 Å². The van der Waals surface area contributed by atoms with Crippen LogP contribution in [0.3, 0.4) is 0 Å². The molecular weight excluding hydrogens is 454 g/mol. The number of amides is 2. The first-order chi connectivity index (χ1) is 17.5. The van der Waals surface area contributed by atoms with Crippen LogP contribution in [-0.4, -0.2) is 45.8 Å². The maximum atomic E-state index is 11.9. The highest BCUT2D eigenvalue weighted by atomic mass is 16.2. The predicted octanol–water partition coefficient (Wildman–Crippen LogP) is 0.107. The number of aromatic nitrogens is 4. The van der Waals surface area contributed by atoms with Crippen LogP contribution in [0.1, 0.15) is 41.1 Å². The van der Waals surface area contributed by atoms with Gasteiger partial charge in [-0.3, -0.25) is 9.59 Å². The Hall–Kier alpha value is -4.53. The quantitative estimate of drug-likeness (QED) is 0.205. The molecular formula is C27H29N7O2. The molecule has 184 valence electrons. The van der Waals surface area contributed by atoms with Crippen molar-refractivity contribution in [3.8, 4) is 0 Å². The van der Waals surface area contributed by atoms with Crippen molar-refractivity contribution in [2.45, 2.75) is 25.7 Å². The van der Waals surface area contributed by atoms with Crippen molar-refractivity contribution in [2.75, 3.05) is 14.1 Å². The minimum absolute atomic E-state index is 0.00650. The Bertz CT molecular complexity index is 1660. The number of H-pyrrole nitrogens is 4. The average molecular weight is 484 g/mol. The van der Waals surface area contributed by atoms with Crippen molar-refractivity contribution in [1.82, 2.24) is 30.6 Å². The number of nitrogens with one attached hydrogen (secondary N) is 6. The minimum Gasteiger partial charge on any atom is -0.359 e. The third-order valence-electron chi connectivity index (χ3n) is 6.25. The Balaban J connectivity index is 1.68. The van der Waals surface area contributed by atoms with Gasteiger partial charge in [0.25, 0.3) is 0 Å². The lowest BCUT2D eigenvalue weighted by Gasteiger charge is -2.01. The molecule has 8 bridgehead atoms. The van der Waals surface area contributed by atoms with Gasteiger partial charge in [0, 0.05) is 60.1 Å². The summed E-state index contributed by atoms with van der Waals surface area (Å²) in [6.45, 7) is 0. The van der Waals surface area contributed by atoms with Crippen LogP contribution in [0.2, 0.25) is 0 Å². The molecule has 5 heterocycles. The summed E-state index contributed by atoms with van der Waals surface area (Å²) in [7, 11) is 3.29. The topological polar surface area (TPSA) is 134 Å². The molecule has 9 nitrogen and oxygen atoms in total. The van der Waals surface area contributed by atoms with E-state index in [-0.39, 0.29) is 11.8 Å². The van der Waals surface area contributed by atoms with Crippen molar-refractivity contribution in [2.24, 2.45) is 4.99 Å². The van der Waals surface area contributed by atoms with E-state index in [1.54, 1.807) is 14.1 Å². The maximum Gasteiger partial charge on any atom is 0.220 e. The standard InChI is InChI=1S/C27H29N7O2/c1-28-26(35)9-3-16-11-21-14-19-6-5-18(30-19)13-20-7-8-24(32-20)34-25-12-17(4-10-27(36)29-2)23(33-25)15-22(16)31-21/h5-8,11-15,30-31H,3-4,9-10H2,1-2H3,(H,28,35)(H,29,36)(H2,32,33,34). The van der Waals surface area contributed by atoms with E-state index in [1.165, 1.54) is 0 Å². The molecule has 36 heavy (non-hydrogen) atoms. The summed E-state index contributed by atoms with van der Waals surface area (Å²) < 4.78 is 0. The van der Waals surface area contributed by atoms with Crippen LogP contribution in [0.5, 0.6) is 0 Å². The maximum absolute atomic E-state index is 11.9. The second-order valence-electron chi connectivity index (χ2n) is 8.82. The zero-order valence-corrected chi connectivity index (χ0v) is 20.3. The highest BCUT2D eigenvalue weighted by Gasteiger charge is 2.10. The van der Waals surface area contributed by atoms with Crippen LogP contribution in [0, 0.1) is 0 Å². The average Bonchev–Trinajstić information content (AvgIpc) is 3.65. The van der Waals surface area contributed by atoms with Crippen LogP contribution in [0.15, 0.2) is 41.4 Å². The number of aromatic amines is 4. The third-order valence-corrected chi connectivity index (χ3v) is 6.25. The molecule has 9 heteroatoms. The fourth-order valence-corrected chi connectivity index (χ4v) is 4.35. The molecule has 0 radical (unpaired) electrons. The van der Waals surface area contributed by atoms with Crippen molar-refractivity contribution in [3.63, 3.8) is 0 Å². The van der Waals surface area contributed by atoms with E-state index in [9.17, 15) is 9.59 Å². The zero-order chi connectivity index (χ0) is 25.1. The van der Waals surface area contributed by atoms with Crippen molar-refractivity contribution in [3.05, 3.63) is 86.1 Å². The Labute approximate surface area is 207 Å². The molecule has 1 aliphatic rings. The number of nitrogens with zero attached hydrogens (tertiary/aromatic N) is 1. The minimum atomic E-state index is -0.0169. The van der Waals surface area contributed by atoms with Crippen molar-refractivity contribution in [1.29, 1.82) is 0 Å². The molecule has 0 aromatic carbocycles. The Morgan fingerprint density at radius 2 is 1.44 bits per heavy atom. The largest absolute Gasteiger partial charge is 0.359 e. The molecule has 0 saturated carbocycles. The van der Waals surface area contributed by atoms with E-state index in [2.05, 4.69) is 36.6 Å². The molecule has 4 aromatic heterocycles. The molecule has 1 aliphatic heterocycles. The van der Waals surface area contributed by atoms with E-state index >= 15 is 0 Å². The SMILES string of the molecule is CNC(=O)CCc1cc2[nH]c1C=c1[nH]c(cc1CCC(=O)NC)=Nc1ccc([nH]1)C=c1ccc([nH]1)=C2. The van der Waals surface area contributed by atoms with E-state index in [4.69, 9.17) is 4.99 Å². The summed E-state index contributed by atoms with van der Waals surface area (Å²) in [4.78, 5) is 42.3. The van der Waals surface area contributed by atoms with Gasteiger partial charge >= 0.3 is 0 Å². The van der Waals surface area contributed by atoms with E-state index in [1.807, 2.05) is 48.6 Å². The first-order valence-electron chi connectivity index (χ1n) is 12.0. The number of rotatable bonds is 6. The molecule has 5 rings (SSSR count). The molecule has 4 aromatic rings. The molecule has 0 spiro atoms. The highest BCUT2D eigenvalue weighted by Crippen LogP contribution is 2.16. The number of carbonyl (C=O) groups is 2. The lowest BCUT2D eigenvalue weighted by molar-refractivity contribution is -0.121. The Kier molecular flexibility index (Phi) is 6.44. The van der Waals surface area contributed by atoms with Gasteiger partial charge in [0.05, 0.1) is 0 Å². The lowest BCUT2D eigenvalue weighted by atomic mass is 10.1. The first-order valence-corrected chi connectivity index (χ1v) is 12.0. The van der Waals surface area contributed by atoms with E-state index in [0.29, 0.717) is 31.2 Å². The van der Waals surface area contributed by atoms with E-state index < -0.39 is 0 Å². The van der Waals surface area contributed by atoms with Gasteiger partial charge in [0.2, 0.25) is 11.8 Å². The highest BCUT2D eigenvalue weighted by molar-refractivity contribution is 5.76. The zero-order valence-electron chi connectivity index (χ0n) is 20.3. The first kappa shape index (κ1) is 23.2. The van der Waals surface area contributed by atoms with E-state index in [0.717, 1.165) is 50.1 Å². The van der Waals surface area contributed by atoms with Gasteiger partial charge in [-0.2, -0.15) is 0 Å². The van der Waals surface area contributed by atoms with Crippen LogP contribution in [-0.2, 0) is 22.4 Å². The van der Waals surface area contributed by atoms with Gasteiger partial charge in [-0.1, -0.05) is 0 Å². The summed E-state index contributed by atoms with van der Waals surface area (Å²) in [6.07, 6.45) is 8.04. The van der Waals surface area contributed by atoms with Crippen molar-refractivity contribution < 1.29 is 9.59 Å². The van der Waals surface area contributed by atoms with Gasteiger partial charge < -0.3 is 30.6 Å². The number of carbonyl (C=O) groups excluding carboxylic acids is 2. The van der Waals surface area contributed by atoms with Gasteiger partial charge in [-0.15, -0.1) is 0 Å².